The molecule has 0 radical (unpaired) electrons. The van der Waals surface area contributed by atoms with Crippen LogP contribution in [0.1, 0.15) is 16.8 Å². The number of piperazine rings is 1. The number of hydrogen-bond acceptors (Lipinski definition) is 4. The number of halogens is 1. The topological polar surface area (TPSA) is 73.4 Å². The molecule has 1 heterocycles. The summed E-state index contributed by atoms with van der Waals surface area (Å²) < 4.78 is 0.801. The van der Waals surface area contributed by atoms with Gasteiger partial charge in [0.05, 0.1) is 6.07 Å². The number of nitrogen functional groups attached to an aromatic ring is 1. The average molecular weight is 337 g/mol. The summed E-state index contributed by atoms with van der Waals surface area (Å²) in [7, 11) is 0. The molecule has 0 aliphatic carbocycles. The lowest BCUT2D eigenvalue weighted by Crippen LogP contribution is -2.48. The van der Waals surface area contributed by atoms with Crippen molar-refractivity contribution < 1.29 is 4.79 Å². The SMILES string of the molecule is N#CCCN1CCN(C(=O)c2ccc(Br)c(N)c2)CC1. The molecule has 0 aromatic heterocycles. The zero-order valence-electron chi connectivity index (χ0n) is 11.2. The van der Waals surface area contributed by atoms with Crippen LogP contribution in [-0.2, 0) is 0 Å². The van der Waals surface area contributed by atoms with Gasteiger partial charge in [-0.05, 0) is 34.1 Å². The van der Waals surface area contributed by atoms with Gasteiger partial charge in [0, 0.05) is 54.9 Å². The maximum absolute atomic E-state index is 12.4. The van der Waals surface area contributed by atoms with Crippen LogP contribution in [-0.4, -0.2) is 48.4 Å². The monoisotopic (exact) mass is 336 g/mol. The number of benzene rings is 1. The fourth-order valence-corrected chi connectivity index (χ4v) is 2.49. The lowest BCUT2D eigenvalue weighted by Gasteiger charge is -2.34. The Hall–Kier alpha value is -1.58. The molecule has 5 nitrogen and oxygen atoms in total. The van der Waals surface area contributed by atoms with Crippen LogP contribution in [0.5, 0.6) is 0 Å². The van der Waals surface area contributed by atoms with Gasteiger partial charge in [0.2, 0.25) is 0 Å². The molecule has 0 atom stereocenters. The van der Waals surface area contributed by atoms with E-state index in [0.29, 0.717) is 30.8 Å². The van der Waals surface area contributed by atoms with E-state index in [1.165, 1.54) is 0 Å². The second kappa shape index (κ2) is 6.73. The van der Waals surface area contributed by atoms with E-state index in [1.807, 2.05) is 4.90 Å². The van der Waals surface area contributed by atoms with E-state index in [-0.39, 0.29) is 5.91 Å². The van der Waals surface area contributed by atoms with Gasteiger partial charge in [-0.2, -0.15) is 5.26 Å². The van der Waals surface area contributed by atoms with E-state index in [1.54, 1.807) is 18.2 Å². The highest BCUT2D eigenvalue weighted by Gasteiger charge is 2.22. The maximum atomic E-state index is 12.4. The first-order valence-corrected chi connectivity index (χ1v) is 7.34. The van der Waals surface area contributed by atoms with Gasteiger partial charge in [-0.15, -0.1) is 0 Å². The third-order valence-corrected chi connectivity index (χ3v) is 4.16. The molecule has 106 valence electrons. The summed E-state index contributed by atoms with van der Waals surface area (Å²) in [5, 5.41) is 8.58. The minimum absolute atomic E-state index is 0.0177. The molecule has 1 aromatic carbocycles. The molecular formula is C14H17BrN4O. The fraction of sp³-hybridized carbons (Fsp3) is 0.429. The first kappa shape index (κ1) is 14.8. The van der Waals surface area contributed by atoms with Gasteiger partial charge in [-0.1, -0.05) is 0 Å². The third kappa shape index (κ3) is 3.50. The van der Waals surface area contributed by atoms with Gasteiger partial charge < -0.3 is 10.6 Å². The molecule has 0 bridgehead atoms. The summed E-state index contributed by atoms with van der Waals surface area (Å²) in [6.07, 6.45) is 0.539. The van der Waals surface area contributed by atoms with E-state index in [0.717, 1.165) is 24.1 Å². The summed E-state index contributed by atoms with van der Waals surface area (Å²) >= 11 is 3.32. The Balaban J connectivity index is 1.94. The zero-order chi connectivity index (χ0) is 14.5. The van der Waals surface area contributed by atoms with E-state index in [2.05, 4.69) is 26.9 Å². The summed E-state index contributed by atoms with van der Waals surface area (Å²) in [6.45, 7) is 3.81. The average Bonchev–Trinajstić information content (AvgIpc) is 2.48. The van der Waals surface area contributed by atoms with Crippen LogP contribution in [0.2, 0.25) is 0 Å². The number of carbonyl (C=O) groups is 1. The first-order valence-electron chi connectivity index (χ1n) is 6.55. The maximum Gasteiger partial charge on any atom is 0.254 e. The predicted molar refractivity (Wildman–Crippen MR) is 81.1 cm³/mol. The van der Waals surface area contributed by atoms with E-state index >= 15 is 0 Å². The lowest BCUT2D eigenvalue weighted by atomic mass is 10.1. The van der Waals surface area contributed by atoms with Gasteiger partial charge in [-0.3, -0.25) is 9.69 Å². The highest BCUT2D eigenvalue weighted by Crippen LogP contribution is 2.21. The lowest BCUT2D eigenvalue weighted by molar-refractivity contribution is 0.0640. The Morgan fingerprint density at radius 3 is 2.65 bits per heavy atom. The second-order valence-electron chi connectivity index (χ2n) is 4.78. The van der Waals surface area contributed by atoms with E-state index < -0.39 is 0 Å². The molecule has 1 aliphatic rings. The van der Waals surface area contributed by atoms with E-state index in [9.17, 15) is 4.79 Å². The Bertz CT molecular complexity index is 532. The normalized spacial score (nSPS) is 15.9. The molecule has 1 amide bonds. The molecule has 20 heavy (non-hydrogen) atoms. The van der Waals surface area contributed by atoms with Gasteiger partial charge in [0.25, 0.3) is 5.91 Å². The molecule has 0 unspecified atom stereocenters. The Labute approximate surface area is 127 Å². The van der Waals surface area contributed by atoms with Crippen LogP contribution >= 0.6 is 15.9 Å². The van der Waals surface area contributed by atoms with Crippen molar-refractivity contribution in [3.05, 3.63) is 28.2 Å². The number of hydrogen-bond donors (Lipinski definition) is 1. The minimum atomic E-state index is 0.0177. The van der Waals surface area contributed by atoms with Crippen LogP contribution in [0.3, 0.4) is 0 Å². The van der Waals surface area contributed by atoms with Crippen molar-refractivity contribution >= 4 is 27.5 Å². The van der Waals surface area contributed by atoms with Crippen molar-refractivity contribution in [1.82, 2.24) is 9.80 Å². The zero-order valence-corrected chi connectivity index (χ0v) is 12.8. The molecule has 0 saturated carbocycles. The molecule has 2 N–H and O–H groups in total. The number of amides is 1. The van der Waals surface area contributed by atoms with Crippen LogP contribution in [0.4, 0.5) is 5.69 Å². The van der Waals surface area contributed by atoms with Gasteiger partial charge >= 0.3 is 0 Å². The molecule has 1 aromatic rings. The second-order valence-corrected chi connectivity index (χ2v) is 5.63. The summed E-state index contributed by atoms with van der Waals surface area (Å²) in [4.78, 5) is 16.4. The number of anilines is 1. The minimum Gasteiger partial charge on any atom is -0.398 e. The number of rotatable bonds is 3. The van der Waals surface area contributed by atoms with Crippen molar-refractivity contribution in [2.75, 3.05) is 38.5 Å². The Morgan fingerprint density at radius 2 is 2.05 bits per heavy atom. The number of nitrogens with zero attached hydrogens (tertiary/aromatic N) is 3. The molecule has 1 aliphatic heterocycles. The van der Waals surface area contributed by atoms with E-state index in [4.69, 9.17) is 11.0 Å². The first-order chi connectivity index (χ1) is 9.61. The largest absolute Gasteiger partial charge is 0.398 e. The smallest absolute Gasteiger partial charge is 0.254 e. The van der Waals surface area contributed by atoms with Crippen LogP contribution in [0, 0.1) is 11.3 Å². The van der Waals surface area contributed by atoms with Crippen molar-refractivity contribution in [2.24, 2.45) is 0 Å². The van der Waals surface area contributed by atoms with Crippen molar-refractivity contribution in [2.45, 2.75) is 6.42 Å². The Kier molecular flexibility index (Phi) is 4.99. The van der Waals surface area contributed by atoms with Crippen molar-refractivity contribution in [3.8, 4) is 6.07 Å². The predicted octanol–water partition coefficient (Wildman–Crippen LogP) is 1.70. The highest BCUT2D eigenvalue weighted by molar-refractivity contribution is 9.10. The fourth-order valence-electron chi connectivity index (χ4n) is 2.24. The summed E-state index contributed by atoms with van der Waals surface area (Å²) in [5.41, 5.74) is 7.00. The standard InChI is InChI=1S/C14H17BrN4O/c15-12-3-2-11(10-13(12)17)14(20)19-8-6-18(7-9-19)5-1-4-16/h2-3,10H,1,5-9,17H2. The van der Waals surface area contributed by atoms with Gasteiger partial charge in [0.15, 0.2) is 0 Å². The molecular weight excluding hydrogens is 320 g/mol. The summed E-state index contributed by atoms with van der Waals surface area (Å²) in [5.74, 6) is 0.0177. The number of nitrogens with two attached hydrogens (primary N) is 1. The molecule has 1 fully saturated rings. The quantitative estimate of drug-likeness (QED) is 0.852. The third-order valence-electron chi connectivity index (χ3n) is 3.44. The van der Waals surface area contributed by atoms with Crippen LogP contribution in [0.15, 0.2) is 22.7 Å². The van der Waals surface area contributed by atoms with Crippen LogP contribution < -0.4 is 5.73 Å². The van der Waals surface area contributed by atoms with Gasteiger partial charge in [0.1, 0.15) is 0 Å². The van der Waals surface area contributed by atoms with Crippen molar-refractivity contribution in [3.63, 3.8) is 0 Å². The van der Waals surface area contributed by atoms with Gasteiger partial charge in [-0.25, -0.2) is 0 Å². The summed E-state index contributed by atoms with van der Waals surface area (Å²) in [6, 6.07) is 7.43. The Morgan fingerprint density at radius 1 is 1.35 bits per heavy atom. The van der Waals surface area contributed by atoms with Crippen LogP contribution in [0.25, 0.3) is 0 Å². The van der Waals surface area contributed by atoms with Crippen molar-refractivity contribution in [1.29, 1.82) is 5.26 Å². The molecule has 0 spiro atoms. The molecule has 6 heteroatoms. The number of carbonyl (C=O) groups excluding carboxylic acids is 1. The molecule has 2 rings (SSSR count). The highest BCUT2D eigenvalue weighted by atomic mass is 79.9. The molecule has 1 saturated heterocycles. The number of nitriles is 1.